The van der Waals surface area contributed by atoms with Crippen LogP contribution in [0.2, 0.25) is 0 Å². The van der Waals surface area contributed by atoms with E-state index in [1.54, 1.807) is 24.7 Å². The van der Waals surface area contributed by atoms with Crippen LogP contribution in [0.4, 0.5) is 10.1 Å². The lowest BCUT2D eigenvalue weighted by Gasteiger charge is -2.35. The molecule has 1 saturated heterocycles. The molecular formula is C30H34FN5O. The first-order valence-electron chi connectivity index (χ1n) is 13.4. The number of aromatic nitrogens is 4. The molecule has 3 aromatic heterocycles. The molecule has 1 aromatic carbocycles. The number of hydrogen-bond donors (Lipinski definition) is 0. The molecule has 4 heterocycles. The summed E-state index contributed by atoms with van der Waals surface area (Å²) in [6, 6.07) is 11.1. The highest BCUT2D eigenvalue weighted by atomic mass is 19.1. The van der Waals surface area contributed by atoms with Gasteiger partial charge in [-0.2, -0.15) is 0 Å². The van der Waals surface area contributed by atoms with Gasteiger partial charge in [0.05, 0.1) is 17.4 Å². The third-order valence-electron chi connectivity index (χ3n) is 7.61. The fraction of sp³-hybridized carbons (Fsp3) is 0.400. The van der Waals surface area contributed by atoms with Gasteiger partial charge in [-0.1, -0.05) is 32.0 Å². The van der Waals surface area contributed by atoms with Gasteiger partial charge in [0.25, 0.3) is 5.56 Å². The number of halogens is 1. The molecule has 6 rings (SSSR count). The van der Waals surface area contributed by atoms with Crippen LogP contribution in [0.3, 0.4) is 0 Å². The standard InChI is InChI=1S/C28H28FN5O.C2H6/c1-18-5-2-8-22(29)26(18)33-15-10-19(11-16-33)21-17-23-27(32-14-13-30-23)34(28(21)35)24-9-3-6-20-7-4-12-31-25(20)24;1-2/h2,4-5,7-8,12-14,17,19,24H,3,6,9-11,15-16H2,1H3;1-2H3. The van der Waals surface area contributed by atoms with Gasteiger partial charge < -0.3 is 4.90 Å². The van der Waals surface area contributed by atoms with Crippen LogP contribution in [-0.4, -0.2) is 32.6 Å². The van der Waals surface area contributed by atoms with Crippen molar-refractivity contribution < 1.29 is 4.39 Å². The average molecular weight is 500 g/mol. The van der Waals surface area contributed by atoms with Crippen LogP contribution in [0.15, 0.2) is 59.8 Å². The Bertz CT molecular complexity index is 1440. The molecule has 1 fully saturated rings. The minimum absolute atomic E-state index is 0.00188. The molecule has 192 valence electrons. The molecular weight excluding hydrogens is 465 g/mol. The first kappa shape index (κ1) is 25.1. The van der Waals surface area contributed by atoms with E-state index in [0.29, 0.717) is 24.4 Å². The normalized spacial score (nSPS) is 17.7. The zero-order chi connectivity index (χ0) is 25.9. The minimum Gasteiger partial charge on any atom is -0.369 e. The molecule has 0 radical (unpaired) electrons. The highest BCUT2D eigenvalue weighted by Crippen LogP contribution is 2.35. The van der Waals surface area contributed by atoms with Crippen molar-refractivity contribution in [3.05, 3.63) is 93.5 Å². The van der Waals surface area contributed by atoms with E-state index in [2.05, 4.69) is 25.9 Å². The van der Waals surface area contributed by atoms with Crippen molar-refractivity contribution in [2.45, 2.75) is 64.8 Å². The third kappa shape index (κ3) is 4.63. The molecule has 0 saturated carbocycles. The summed E-state index contributed by atoms with van der Waals surface area (Å²) in [4.78, 5) is 30.0. The molecule has 37 heavy (non-hydrogen) atoms. The molecule has 6 nitrogen and oxygen atoms in total. The summed E-state index contributed by atoms with van der Waals surface area (Å²) in [5.41, 5.74) is 5.92. The van der Waals surface area contributed by atoms with Crippen LogP contribution in [0.25, 0.3) is 11.2 Å². The number of benzene rings is 1. The van der Waals surface area contributed by atoms with E-state index in [1.807, 2.05) is 43.5 Å². The molecule has 1 aliphatic heterocycles. The van der Waals surface area contributed by atoms with E-state index in [1.165, 1.54) is 11.6 Å². The smallest absolute Gasteiger partial charge is 0.256 e. The summed E-state index contributed by atoms with van der Waals surface area (Å²) in [6.07, 6.45) is 9.54. The lowest BCUT2D eigenvalue weighted by atomic mass is 9.88. The second kappa shape index (κ2) is 10.8. The molecule has 1 aliphatic carbocycles. The van der Waals surface area contributed by atoms with Crippen molar-refractivity contribution in [3.8, 4) is 0 Å². The van der Waals surface area contributed by atoms with E-state index in [-0.39, 0.29) is 23.3 Å². The Kier molecular flexibility index (Phi) is 7.31. The third-order valence-corrected chi connectivity index (χ3v) is 7.61. The van der Waals surface area contributed by atoms with Gasteiger partial charge in [-0.15, -0.1) is 0 Å². The Balaban J connectivity index is 0.00000137. The van der Waals surface area contributed by atoms with Crippen molar-refractivity contribution in [2.24, 2.45) is 0 Å². The van der Waals surface area contributed by atoms with E-state index >= 15 is 0 Å². The molecule has 7 heteroatoms. The van der Waals surface area contributed by atoms with Crippen molar-refractivity contribution in [2.75, 3.05) is 18.0 Å². The molecule has 0 bridgehead atoms. The number of para-hydroxylation sites is 1. The zero-order valence-electron chi connectivity index (χ0n) is 21.8. The summed E-state index contributed by atoms with van der Waals surface area (Å²) < 4.78 is 16.4. The van der Waals surface area contributed by atoms with Gasteiger partial charge in [0, 0.05) is 37.2 Å². The second-order valence-electron chi connectivity index (χ2n) is 9.66. The number of hydrogen-bond acceptors (Lipinski definition) is 5. The molecule has 4 aromatic rings. The number of nitrogens with zero attached hydrogens (tertiary/aromatic N) is 5. The van der Waals surface area contributed by atoms with Crippen molar-refractivity contribution in [3.63, 3.8) is 0 Å². The average Bonchev–Trinajstić information content (AvgIpc) is 2.94. The first-order valence-corrected chi connectivity index (χ1v) is 13.4. The summed E-state index contributed by atoms with van der Waals surface area (Å²) in [5, 5.41) is 0. The van der Waals surface area contributed by atoms with E-state index < -0.39 is 0 Å². The molecule has 0 amide bonds. The number of fused-ring (bicyclic) bond motifs is 2. The van der Waals surface area contributed by atoms with Crippen LogP contribution in [0, 0.1) is 12.7 Å². The zero-order valence-corrected chi connectivity index (χ0v) is 21.8. The van der Waals surface area contributed by atoms with Gasteiger partial charge in [-0.25, -0.2) is 9.37 Å². The number of rotatable bonds is 3. The number of pyridine rings is 2. The summed E-state index contributed by atoms with van der Waals surface area (Å²) in [5.74, 6) is -0.0921. The molecule has 0 N–H and O–H groups in total. The minimum atomic E-state index is -0.185. The van der Waals surface area contributed by atoms with E-state index in [4.69, 9.17) is 0 Å². The van der Waals surface area contributed by atoms with Gasteiger partial charge in [0.2, 0.25) is 0 Å². The molecule has 1 unspecified atom stereocenters. The topological polar surface area (TPSA) is 63.9 Å². The van der Waals surface area contributed by atoms with Gasteiger partial charge in [-0.05, 0) is 74.3 Å². The van der Waals surface area contributed by atoms with Crippen LogP contribution in [-0.2, 0) is 6.42 Å². The Morgan fingerprint density at radius 3 is 2.51 bits per heavy atom. The van der Waals surface area contributed by atoms with E-state index in [9.17, 15) is 9.18 Å². The molecule has 2 aliphatic rings. The Hall–Kier alpha value is -3.61. The van der Waals surface area contributed by atoms with Crippen LogP contribution in [0.1, 0.15) is 73.9 Å². The van der Waals surface area contributed by atoms with Gasteiger partial charge in [-0.3, -0.25) is 19.3 Å². The molecule has 1 atom stereocenters. The van der Waals surface area contributed by atoms with Gasteiger partial charge in [0.1, 0.15) is 11.3 Å². The maximum atomic E-state index is 14.6. The first-order chi connectivity index (χ1) is 18.1. The Morgan fingerprint density at radius 2 is 1.73 bits per heavy atom. The van der Waals surface area contributed by atoms with Crippen LogP contribution < -0.4 is 10.5 Å². The SMILES string of the molecule is CC.Cc1cccc(F)c1N1CCC(c2cc3nccnc3n(C3CCCc4cccnc43)c2=O)CC1. The number of anilines is 1. The maximum Gasteiger partial charge on any atom is 0.256 e. The monoisotopic (exact) mass is 499 g/mol. The summed E-state index contributed by atoms with van der Waals surface area (Å²) >= 11 is 0. The van der Waals surface area contributed by atoms with Crippen LogP contribution >= 0.6 is 0 Å². The molecule has 0 spiro atoms. The number of piperidine rings is 1. The lowest BCUT2D eigenvalue weighted by Crippen LogP contribution is -2.37. The van der Waals surface area contributed by atoms with Crippen molar-refractivity contribution in [1.82, 2.24) is 19.5 Å². The Morgan fingerprint density at radius 1 is 0.946 bits per heavy atom. The number of aryl methyl sites for hydroxylation is 2. The fourth-order valence-electron chi connectivity index (χ4n) is 5.93. The summed E-state index contributed by atoms with van der Waals surface area (Å²) in [7, 11) is 0. The summed E-state index contributed by atoms with van der Waals surface area (Å²) in [6.45, 7) is 7.36. The van der Waals surface area contributed by atoms with Crippen molar-refractivity contribution in [1.29, 1.82) is 0 Å². The fourth-order valence-corrected chi connectivity index (χ4v) is 5.93. The quantitative estimate of drug-likeness (QED) is 0.348. The lowest BCUT2D eigenvalue weighted by molar-refractivity contribution is 0.459. The van der Waals surface area contributed by atoms with E-state index in [0.717, 1.165) is 54.4 Å². The second-order valence-corrected chi connectivity index (χ2v) is 9.66. The van der Waals surface area contributed by atoms with Crippen molar-refractivity contribution >= 4 is 16.9 Å². The van der Waals surface area contributed by atoms with Gasteiger partial charge >= 0.3 is 0 Å². The highest BCUT2D eigenvalue weighted by molar-refractivity contribution is 5.71. The predicted octanol–water partition coefficient (Wildman–Crippen LogP) is 5.97. The Labute approximate surface area is 217 Å². The van der Waals surface area contributed by atoms with Gasteiger partial charge in [0.15, 0.2) is 5.65 Å². The maximum absolute atomic E-state index is 14.6. The van der Waals surface area contributed by atoms with Crippen LogP contribution in [0.5, 0.6) is 0 Å². The predicted molar refractivity (Wildman–Crippen MR) is 146 cm³/mol. The largest absolute Gasteiger partial charge is 0.369 e. The highest BCUT2D eigenvalue weighted by Gasteiger charge is 2.30.